The second kappa shape index (κ2) is 8.79. The molecule has 10 heteroatoms. The summed E-state index contributed by atoms with van der Waals surface area (Å²) >= 11 is 0. The van der Waals surface area contributed by atoms with Crippen molar-refractivity contribution in [3.05, 3.63) is 107 Å². The van der Waals surface area contributed by atoms with Crippen molar-refractivity contribution >= 4 is 22.6 Å². The zero-order valence-corrected chi connectivity index (χ0v) is 17.6. The molecule has 0 atom stereocenters. The number of rotatable bonds is 4. The quantitative estimate of drug-likeness (QED) is 0.359. The third-order valence-electron chi connectivity index (χ3n) is 5.04. The number of nitrogens with zero attached hydrogens (tertiary/aromatic N) is 4. The maximum absolute atomic E-state index is 12.8. The normalized spacial score (nSPS) is 10.7. The minimum Gasteiger partial charge on any atom is -0.267 e. The highest BCUT2D eigenvalue weighted by atomic mass is 16.2. The molecule has 0 spiro atoms. The third-order valence-corrected chi connectivity index (χ3v) is 5.04. The van der Waals surface area contributed by atoms with E-state index in [1.165, 1.54) is 0 Å². The number of para-hydroxylation sites is 1. The number of hydrazine groups is 1. The fourth-order valence-electron chi connectivity index (χ4n) is 3.45. The predicted molar refractivity (Wildman–Crippen MR) is 124 cm³/mol. The standard InChI is InChI=1S/C24H17N7O3/c32-22-18-14-8-7-13-17(18)19(26-27-22)23(33)28-29-24(34)20-25-21(15-9-3-1-4-10-15)31(30-20)16-11-5-2-6-12-16/h1-14H,(H,27,32)(H,28,33)(H,29,34). The Balaban J connectivity index is 1.42. The van der Waals surface area contributed by atoms with E-state index in [1.54, 1.807) is 28.9 Å². The molecule has 2 aromatic heterocycles. The van der Waals surface area contributed by atoms with E-state index in [9.17, 15) is 14.4 Å². The molecule has 34 heavy (non-hydrogen) atoms. The number of H-pyrrole nitrogens is 1. The Morgan fingerprint density at radius 3 is 2.12 bits per heavy atom. The topological polar surface area (TPSA) is 135 Å². The highest BCUT2D eigenvalue weighted by Crippen LogP contribution is 2.21. The largest absolute Gasteiger partial charge is 0.309 e. The average molecular weight is 451 g/mol. The molecule has 0 radical (unpaired) electrons. The molecule has 0 aliphatic carbocycles. The van der Waals surface area contributed by atoms with Crippen LogP contribution in [0.2, 0.25) is 0 Å². The second-order valence-electron chi connectivity index (χ2n) is 7.23. The van der Waals surface area contributed by atoms with Gasteiger partial charge in [0.2, 0.25) is 5.82 Å². The summed E-state index contributed by atoms with van der Waals surface area (Å²) in [5.74, 6) is -1.08. The second-order valence-corrected chi connectivity index (χ2v) is 7.23. The van der Waals surface area contributed by atoms with E-state index in [-0.39, 0.29) is 11.5 Å². The molecule has 0 aliphatic rings. The molecule has 0 fully saturated rings. The van der Waals surface area contributed by atoms with E-state index in [0.29, 0.717) is 16.6 Å². The number of carbonyl (C=O) groups excluding carboxylic acids is 2. The van der Waals surface area contributed by atoms with E-state index >= 15 is 0 Å². The number of aromatic nitrogens is 5. The lowest BCUT2D eigenvalue weighted by Crippen LogP contribution is -2.42. The summed E-state index contributed by atoms with van der Waals surface area (Å²) in [7, 11) is 0. The highest BCUT2D eigenvalue weighted by molar-refractivity contribution is 6.05. The summed E-state index contributed by atoms with van der Waals surface area (Å²) in [5.41, 5.74) is 5.65. The average Bonchev–Trinajstić information content (AvgIpc) is 3.34. The zero-order valence-electron chi connectivity index (χ0n) is 17.6. The number of hydrogen-bond donors (Lipinski definition) is 3. The predicted octanol–water partition coefficient (Wildman–Crippen LogP) is 2.25. The van der Waals surface area contributed by atoms with Crippen LogP contribution in [-0.2, 0) is 0 Å². The van der Waals surface area contributed by atoms with Crippen LogP contribution >= 0.6 is 0 Å². The summed E-state index contributed by atoms with van der Waals surface area (Å²) in [6, 6.07) is 25.1. The van der Waals surface area contributed by atoms with Gasteiger partial charge in [0, 0.05) is 10.9 Å². The van der Waals surface area contributed by atoms with Crippen molar-refractivity contribution in [2.45, 2.75) is 0 Å². The van der Waals surface area contributed by atoms with Gasteiger partial charge in [0.05, 0.1) is 11.1 Å². The van der Waals surface area contributed by atoms with Crippen LogP contribution < -0.4 is 16.4 Å². The number of hydrogen-bond acceptors (Lipinski definition) is 6. The Bertz CT molecular complexity index is 1500. The molecule has 0 aliphatic heterocycles. The van der Waals surface area contributed by atoms with Crippen LogP contribution in [-0.4, -0.2) is 36.8 Å². The Kier molecular flexibility index (Phi) is 5.37. The smallest absolute Gasteiger partial charge is 0.267 e. The van der Waals surface area contributed by atoms with Crippen LogP contribution in [0, 0.1) is 0 Å². The lowest BCUT2D eigenvalue weighted by atomic mass is 10.1. The molecule has 3 N–H and O–H groups in total. The lowest BCUT2D eigenvalue weighted by molar-refractivity contribution is 0.0838. The van der Waals surface area contributed by atoms with Crippen LogP contribution in [0.15, 0.2) is 89.7 Å². The first kappa shape index (κ1) is 20.8. The van der Waals surface area contributed by atoms with Crippen molar-refractivity contribution in [3.8, 4) is 17.1 Å². The van der Waals surface area contributed by atoms with E-state index < -0.39 is 17.4 Å². The monoisotopic (exact) mass is 451 g/mol. The van der Waals surface area contributed by atoms with Gasteiger partial charge in [-0.25, -0.2) is 14.8 Å². The number of nitrogens with one attached hydrogen (secondary N) is 3. The molecule has 2 amide bonds. The SMILES string of the molecule is O=C(NNC(=O)c1n[nH]c(=O)c2ccccc12)c1nc(-c2ccccc2)n(-c2ccccc2)n1. The van der Waals surface area contributed by atoms with Crippen LogP contribution in [0.3, 0.4) is 0 Å². The van der Waals surface area contributed by atoms with Crippen LogP contribution in [0.4, 0.5) is 0 Å². The van der Waals surface area contributed by atoms with Crippen molar-refractivity contribution in [1.29, 1.82) is 0 Å². The number of aromatic amines is 1. The van der Waals surface area contributed by atoms with E-state index in [1.807, 2.05) is 60.7 Å². The number of benzene rings is 3. The molecule has 5 aromatic rings. The first-order valence-corrected chi connectivity index (χ1v) is 10.3. The molecule has 0 saturated heterocycles. The Morgan fingerprint density at radius 2 is 1.38 bits per heavy atom. The summed E-state index contributed by atoms with van der Waals surface area (Å²) in [4.78, 5) is 41.8. The van der Waals surface area contributed by atoms with Gasteiger partial charge in [0.1, 0.15) is 0 Å². The third kappa shape index (κ3) is 3.91. The summed E-state index contributed by atoms with van der Waals surface area (Å²) in [5, 5.41) is 11.1. The fourth-order valence-corrected chi connectivity index (χ4v) is 3.45. The lowest BCUT2D eigenvalue weighted by Gasteiger charge is -2.07. The van der Waals surface area contributed by atoms with Gasteiger partial charge in [0.15, 0.2) is 11.5 Å². The van der Waals surface area contributed by atoms with Gasteiger partial charge < -0.3 is 0 Å². The first-order valence-electron chi connectivity index (χ1n) is 10.3. The fraction of sp³-hybridized carbons (Fsp3) is 0. The molecule has 0 unspecified atom stereocenters. The van der Waals surface area contributed by atoms with E-state index in [2.05, 4.69) is 31.1 Å². The number of amides is 2. The maximum Gasteiger partial charge on any atom is 0.309 e. The molecule has 2 heterocycles. The van der Waals surface area contributed by atoms with Gasteiger partial charge in [-0.05, 0) is 18.2 Å². The van der Waals surface area contributed by atoms with Crippen LogP contribution in [0.1, 0.15) is 21.1 Å². The van der Waals surface area contributed by atoms with Gasteiger partial charge in [-0.1, -0.05) is 66.7 Å². The van der Waals surface area contributed by atoms with Gasteiger partial charge in [-0.2, -0.15) is 5.10 Å². The Labute approximate surface area is 192 Å². The van der Waals surface area contributed by atoms with Crippen molar-refractivity contribution < 1.29 is 9.59 Å². The molecule has 0 bridgehead atoms. The van der Waals surface area contributed by atoms with Gasteiger partial charge in [-0.15, -0.1) is 5.10 Å². The van der Waals surface area contributed by atoms with Crippen LogP contribution in [0.25, 0.3) is 27.8 Å². The summed E-state index contributed by atoms with van der Waals surface area (Å²) < 4.78 is 1.56. The minimum absolute atomic E-state index is 0.0387. The summed E-state index contributed by atoms with van der Waals surface area (Å²) in [6.45, 7) is 0. The molecular weight excluding hydrogens is 434 g/mol. The van der Waals surface area contributed by atoms with Crippen molar-refractivity contribution in [2.24, 2.45) is 0 Å². The summed E-state index contributed by atoms with van der Waals surface area (Å²) in [6.07, 6.45) is 0. The van der Waals surface area contributed by atoms with Crippen molar-refractivity contribution in [3.63, 3.8) is 0 Å². The number of carbonyl (C=O) groups is 2. The van der Waals surface area contributed by atoms with Crippen molar-refractivity contribution in [1.82, 2.24) is 35.8 Å². The molecular formula is C24H17N7O3. The number of fused-ring (bicyclic) bond motifs is 1. The Morgan fingerprint density at radius 1 is 0.765 bits per heavy atom. The van der Waals surface area contributed by atoms with Gasteiger partial charge in [0.25, 0.3) is 11.5 Å². The Hall–Kier alpha value is -5.12. The molecule has 5 rings (SSSR count). The molecule has 3 aromatic carbocycles. The maximum atomic E-state index is 12.8. The molecule has 10 nitrogen and oxygen atoms in total. The van der Waals surface area contributed by atoms with E-state index in [0.717, 1.165) is 11.3 Å². The van der Waals surface area contributed by atoms with E-state index in [4.69, 9.17) is 0 Å². The minimum atomic E-state index is -0.714. The molecule has 166 valence electrons. The highest BCUT2D eigenvalue weighted by Gasteiger charge is 2.20. The first-order chi connectivity index (χ1) is 16.6. The van der Waals surface area contributed by atoms with Gasteiger partial charge in [-0.3, -0.25) is 25.2 Å². The van der Waals surface area contributed by atoms with Crippen molar-refractivity contribution in [2.75, 3.05) is 0 Å². The van der Waals surface area contributed by atoms with Gasteiger partial charge >= 0.3 is 5.91 Å². The molecule has 0 saturated carbocycles. The zero-order chi connectivity index (χ0) is 23.5. The van der Waals surface area contributed by atoms with Crippen LogP contribution in [0.5, 0.6) is 0 Å².